The van der Waals surface area contributed by atoms with Crippen LogP contribution >= 0.6 is 11.8 Å². The van der Waals surface area contributed by atoms with Gasteiger partial charge in [-0.3, -0.25) is 4.79 Å². The molecule has 0 radical (unpaired) electrons. The molecule has 0 spiro atoms. The summed E-state index contributed by atoms with van der Waals surface area (Å²) in [5.74, 6) is -1.51. The number of halogens is 3. The molecule has 1 atom stereocenters. The molecule has 0 saturated carbocycles. The van der Waals surface area contributed by atoms with Gasteiger partial charge in [-0.1, -0.05) is 11.8 Å². The highest BCUT2D eigenvalue weighted by Gasteiger charge is 2.42. The second kappa shape index (κ2) is 5.55. The van der Waals surface area contributed by atoms with E-state index in [1.165, 1.54) is 0 Å². The predicted octanol–water partition coefficient (Wildman–Crippen LogP) is 2.59. The zero-order valence-corrected chi connectivity index (χ0v) is 10.5. The average molecular weight is 280 g/mol. The standard InChI is InChI=1S/C10H11F3N2O2S/c1-5-3-6(2)15-9(14-5)18-7(4-8(16)17)10(11,12)13/h3,7H,4H2,1-2H3,(H,16,17). The van der Waals surface area contributed by atoms with Crippen molar-refractivity contribution in [1.82, 2.24) is 9.97 Å². The Morgan fingerprint density at radius 2 is 1.89 bits per heavy atom. The van der Waals surface area contributed by atoms with E-state index in [2.05, 4.69) is 9.97 Å². The molecule has 0 aliphatic heterocycles. The number of nitrogens with zero attached hydrogens (tertiary/aromatic N) is 2. The van der Waals surface area contributed by atoms with Crippen LogP contribution in [-0.2, 0) is 4.79 Å². The van der Waals surface area contributed by atoms with Crippen LogP contribution in [0.2, 0.25) is 0 Å². The van der Waals surface area contributed by atoms with Gasteiger partial charge in [0, 0.05) is 11.4 Å². The predicted molar refractivity (Wildman–Crippen MR) is 59.5 cm³/mol. The van der Waals surface area contributed by atoms with E-state index in [0.717, 1.165) is 0 Å². The van der Waals surface area contributed by atoms with Crippen molar-refractivity contribution in [3.63, 3.8) is 0 Å². The van der Waals surface area contributed by atoms with Gasteiger partial charge in [-0.2, -0.15) is 13.2 Å². The van der Waals surface area contributed by atoms with Crippen molar-refractivity contribution >= 4 is 17.7 Å². The van der Waals surface area contributed by atoms with E-state index in [4.69, 9.17) is 5.11 Å². The summed E-state index contributed by atoms with van der Waals surface area (Å²) >= 11 is 0.324. The molecular formula is C10H11F3N2O2S. The number of carbonyl (C=O) groups is 1. The summed E-state index contributed by atoms with van der Waals surface area (Å²) in [4.78, 5) is 18.1. The number of carboxylic acid groups (broad SMARTS) is 1. The minimum absolute atomic E-state index is 0.0592. The van der Waals surface area contributed by atoms with Crippen molar-refractivity contribution in [1.29, 1.82) is 0 Å². The molecule has 0 bridgehead atoms. The third-order valence-corrected chi connectivity index (χ3v) is 3.05. The van der Waals surface area contributed by atoms with Crippen molar-refractivity contribution in [2.75, 3.05) is 0 Å². The van der Waals surface area contributed by atoms with Crippen molar-refractivity contribution < 1.29 is 23.1 Å². The lowest BCUT2D eigenvalue weighted by atomic mass is 10.3. The van der Waals surface area contributed by atoms with Crippen molar-refractivity contribution in [3.8, 4) is 0 Å². The van der Waals surface area contributed by atoms with E-state index in [0.29, 0.717) is 23.1 Å². The molecule has 0 aromatic carbocycles. The van der Waals surface area contributed by atoms with Crippen LogP contribution in [-0.4, -0.2) is 32.5 Å². The van der Waals surface area contributed by atoms with E-state index in [1.807, 2.05) is 0 Å². The largest absolute Gasteiger partial charge is 0.481 e. The quantitative estimate of drug-likeness (QED) is 0.678. The monoisotopic (exact) mass is 280 g/mol. The summed E-state index contributed by atoms with van der Waals surface area (Å²) in [6.45, 7) is 3.27. The molecule has 0 amide bonds. The van der Waals surface area contributed by atoms with Gasteiger partial charge >= 0.3 is 12.1 Å². The Hall–Kier alpha value is -1.31. The number of carboxylic acids is 1. The number of hydrogen-bond acceptors (Lipinski definition) is 4. The molecule has 4 nitrogen and oxygen atoms in total. The lowest BCUT2D eigenvalue weighted by Crippen LogP contribution is -2.28. The summed E-state index contributed by atoms with van der Waals surface area (Å²) in [6.07, 6.45) is -5.62. The van der Waals surface area contributed by atoms with Gasteiger partial charge < -0.3 is 5.11 Å². The van der Waals surface area contributed by atoms with Gasteiger partial charge in [-0.15, -0.1) is 0 Å². The summed E-state index contributed by atoms with van der Waals surface area (Å²) in [5, 5.41) is 6.38. The topological polar surface area (TPSA) is 63.1 Å². The lowest BCUT2D eigenvalue weighted by molar-refractivity contribution is -0.149. The average Bonchev–Trinajstić information content (AvgIpc) is 2.12. The summed E-state index contributed by atoms with van der Waals surface area (Å²) in [5.41, 5.74) is 1.09. The summed E-state index contributed by atoms with van der Waals surface area (Å²) in [7, 11) is 0. The first-order valence-corrected chi connectivity index (χ1v) is 5.84. The third-order valence-electron chi connectivity index (χ3n) is 1.93. The maximum absolute atomic E-state index is 12.6. The zero-order valence-electron chi connectivity index (χ0n) is 9.65. The number of aliphatic carboxylic acids is 1. The first-order valence-electron chi connectivity index (χ1n) is 4.96. The molecule has 0 aliphatic carbocycles. The number of hydrogen-bond donors (Lipinski definition) is 1. The minimum atomic E-state index is -4.61. The Bertz CT molecular complexity index is 431. The molecule has 1 unspecified atom stereocenters. The number of alkyl halides is 3. The Balaban J connectivity index is 2.92. The normalized spacial score (nSPS) is 13.4. The van der Waals surface area contributed by atoms with Crippen LogP contribution in [0.3, 0.4) is 0 Å². The molecule has 1 N–H and O–H groups in total. The van der Waals surface area contributed by atoms with E-state index in [1.54, 1.807) is 19.9 Å². The van der Waals surface area contributed by atoms with Crippen molar-refractivity contribution in [2.45, 2.75) is 36.9 Å². The summed E-state index contributed by atoms with van der Waals surface area (Å²) in [6, 6.07) is 1.63. The molecule has 0 fully saturated rings. The molecule has 1 aromatic rings. The van der Waals surface area contributed by atoms with Crippen molar-refractivity contribution in [3.05, 3.63) is 17.5 Å². The van der Waals surface area contributed by atoms with Crippen LogP contribution in [0.5, 0.6) is 0 Å². The van der Waals surface area contributed by atoms with E-state index in [-0.39, 0.29) is 5.16 Å². The van der Waals surface area contributed by atoms with Crippen LogP contribution in [0.25, 0.3) is 0 Å². The SMILES string of the molecule is Cc1cc(C)nc(SC(CC(=O)O)C(F)(F)F)n1. The zero-order chi connectivity index (χ0) is 13.9. The number of aromatic nitrogens is 2. The van der Waals surface area contributed by atoms with Crippen LogP contribution in [0.1, 0.15) is 17.8 Å². The van der Waals surface area contributed by atoms with Gasteiger partial charge in [0.05, 0.1) is 6.42 Å². The summed E-state index contributed by atoms with van der Waals surface area (Å²) < 4.78 is 37.9. The maximum atomic E-state index is 12.6. The Kier molecular flexibility index (Phi) is 4.55. The van der Waals surface area contributed by atoms with Gasteiger partial charge in [0.2, 0.25) is 0 Å². The van der Waals surface area contributed by atoms with Crippen LogP contribution in [0, 0.1) is 13.8 Å². The third kappa shape index (κ3) is 4.52. The molecule has 1 aromatic heterocycles. The fourth-order valence-electron chi connectivity index (χ4n) is 1.26. The molecule has 0 saturated heterocycles. The van der Waals surface area contributed by atoms with E-state index < -0.39 is 23.8 Å². The van der Waals surface area contributed by atoms with Gasteiger partial charge in [0.15, 0.2) is 5.16 Å². The Labute approximate surface area is 106 Å². The number of thioether (sulfide) groups is 1. The molecular weight excluding hydrogens is 269 g/mol. The minimum Gasteiger partial charge on any atom is -0.481 e. The highest BCUT2D eigenvalue weighted by Crippen LogP contribution is 2.35. The molecule has 1 heterocycles. The van der Waals surface area contributed by atoms with Gasteiger partial charge in [0.1, 0.15) is 5.25 Å². The van der Waals surface area contributed by atoms with Gasteiger partial charge in [0.25, 0.3) is 0 Å². The first kappa shape index (κ1) is 14.7. The lowest BCUT2D eigenvalue weighted by Gasteiger charge is -2.17. The number of aryl methyl sites for hydroxylation is 2. The molecule has 1 rings (SSSR count). The molecule has 0 aliphatic rings. The van der Waals surface area contributed by atoms with E-state index in [9.17, 15) is 18.0 Å². The van der Waals surface area contributed by atoms with Gasteiger partial charge in [-0.25, -0.2) is 9.97 Å². The Morgan fingerprint density at radius 1 is 1.39 bits per heavy atom. The fraction of sp³-hybridized carbons (Fsp3) is 0.500. The van der Waals surface area contributed by atoms with Crippen LogP contribution in [0.15, 0.2) is 11.2 Å². The highest BCUT2D eigenvalue weighted by molar-refractivity contribution is 7.99. The second-order valence-electron chi connectivity index (χ2n) is 3.68. The molecule has 18 heavy (non-hydrogen) atoms. The highest BCUT2D eigenvalue weighted by atomic mass is 32.2. The molecule has 8 heteroatoms. The smallest absolute Gasteiger partial charge is 0.401 e. The second-order valence-corrected chi connectivity index (χ2v) is 4.85. The van der Waals surface area contributed by atoms with Crippen molar-refractivity contribution in [2.24, 2.45) is 0 Å². The van der Waals surface area contributed by atoms with Crippen LogP contribution < -0.4 is 0 Å². The molecule has 100 valence electrons. The number of rotatable bonds is 4. The first-order chi connectivity index (χ1) is 8.18. The Morgan fingerprint density at radius 3 is 2.28 bits per heavy atom. The van der Waals surface area contributed by atoms with Gasteiger partial charge in [-0.05, 0) is 19.9 Å². The fourth-order valence-corrected chi connectivity index (χ4v) is 2.26. The maximum Gasteiger partial charge on any atom is 0.401 e. The van der Waals surface area contributed by atoms with Crippen LogP contribution in [0.4, 0.5) is 13.2 Å². The van der Waals surface area contributed by atoms with E-state index >= 15 is 0 Å².